The van der Waals surface area contributed by atoms with Gasteiger partial charge in [0.2, 0.25) is 0 Å². The lowest BCUT2D eigenvalue weighted by atomic mass is 9.54. The minimum atomic E-state index is 0.177. The van der Waals surface area contributed by atoms with Crippen LogP contribution < -0.4 is 0 Å². The van der Waals surface area contributed by atoms with E-state index in [1.54, 1.807) is 44.6 Å². The van der Waals surface area contributed by atoms with Crippen molar-refractivity contribution in [1.29, 1.82) is 0 Å². The molecule has 1 aromatic carbocycles. The van der Waals surface area contributed by atoms with Gasteiger partial charge in [0, 0.05) is 32.5 Å². The summed E-state index contributed by atoms with van der Waals surface area (Å²) in [6.07, 6.45) is 48.2. The van der Waals surface area contributed by atoms with Crippen LogP contribution in [0.5, 0.6) is 0 Å². The van der Waals surface area contributed by atoms with Gasteiger partial charge in [0.15, 0.2) is 0 Å². The van der Waals surface area contributed by atoms with Gasteiger partial charge in [-0.05, 0) is 294 Å². The smallest absolute Gasteiger partial charge is 0.0108 e. The molecule has 0 heteroatoms. The van der Waals surface area contributed by atoms with Gasteiger partial charge in [0.05, 0.1) is 0 Å². The second-order valence-corrected chi connectivity index (χ2v) is 42.2. The highest BCUT2D eigenvalue weighted by molar-refractivity contribution is 5.54. The van der Waals surface area contributed by atoms with Crippen LogP contribution in [-0.2, 0) is 10.8 Å². The predicted molar refractivity (Wildman–Crippen MR) is 467 cm³/mol. The average Bonchev–Trinajstić information content (AvgIpc) is 0.914. The predicted octanol–water partition coefficient (Wildman–Crippen LogP) is 34.4. The molecule has 12 rings (SSSR count). The van der Waals surface area contributed by atoms with Gasteiger partial charge >= 0.3 is 0 Å². The first-order valence-corrected chi connectivity index (χ1v) is 44.1. The lowest BCUT2D eigenvalue weighted by molar-refractivity contribution is 0.120. The van der Waals surface area contributed by atoms with E-state index in [0.29, 0.717) is 43.3 Å². The molecule has 0 amide bonds. The SMILES string of the molecule is CC1=C(C)C(C)(C)C(C)=C(C)C1(C)C.CC1=C(C)C(C)(C)C=CC1(C)C.CC1=C(C)C(C)(C)CCC1(C)C.CC1=C(C)C(C)(C)c2ccccc2C1(C)C.CC1=C(C)C2(CCCC2)CCC12CCCC2.CC1=C(C)C2(CCCCC2)CCC12CCCCC2.CCC1(CC)CCC(CC)(CC)C(C)=C1C. The largest absolute Gasteiger partial charge is 0.0780 e. The number of hydrogen-bond acceptors (Lipinski definition) is 0. The molecule has 0 N–H and O–H groups in total. The Morgan fingerprint density at radius 1 is 0.212 bits per heavy atom. The summed E-state index contributed by atoms with van der Waals surface area (Å²) < 4.78 is 0. The van der Waals surface area contributed by atoms with E-state index in [9.17, 15) is 0 Å². The first kappa shape index (κ1) is 89.8. The van der Waals surface area contributed by atoms with Crippen LogP contribution in [0.2, 0.25) is 0 Å². The normalized spacial score (nSPS) is 26.9. The molecule has 0 aliphatic heterocycles. The molecule has 0 saturated heterocycles. The van der Waals surface area contributed by atoms with Gasteiger partial charge in [-0.25, -0.2) is 0 Å². The molecule has 590 valence electrons. The molecule has 0 atom stereocenters. The highest BCUT2D eigenvalue weighted by atomic mass is 14.5. The van der Waals surface area contributed by atoms with E-state index in [1.807, 2.05) is 22.3 Å². The summed E-state index contributed by atoms with van der Waals surface area (Å²) in [4.78, 5) is 0. The van der Waals surface area contributed by atoms with Gasteiger partial charge in [-0.15, -0.1) is 0 Å². The quantitative estimate of drug-likeness (QED) is 0.264. The fourth-order valence-electron chi connectivity index (χ4n) is 23.3. The van der Waals surface area contributed by atoms with Crippen LogP contribution in [0.15, 0.2) is 126 Å². The van der Waals surface area contributed by atoms with Crippen LogP contribution in [0.3, 0.4) is 0 Å². The summed E-state index contributed by atoms with van der Waals surface area (Å²) in [6.45, 7) is 84.2. The fourth-order valence-corrected chi connectivity index (χ4v) is 23.3. The molecule has 0 aromatic heterocycles. The van der Waals surface area contributed by atoms with Gasteiger partial charge < -0.3 is 0 Å². The van der Waals surface area contributed by atoms with Gasteiger partial charge in [-0.2, -0.15) is 0 Å². The minimum absolute atomic E-state index is 0.177. The molecular weight excluding hydrogens is 1250 g/mol. The number of hydrogen-bond donors (Lipinski definition) is 0. The average molecular weight is 1420 g/mol. The van der Waals surface area contributed by atoms with Crippen molar-refractivity contribution in [3.8, 4) is 0 Å². The zero-order valence-corrected chi connectivity index (χ0v) is 76.7. The lowest BCUT2D eigenvalue weighted by Crippen LogP contribution is -2.38. The van der Waals surface area contributed by atoms with Gasteiger partial charge in [0.1, 0.15) is 0 Å². The van der Waals surface area contributed by atoms with E-state index in [1.165, 1.54) is 226 Å². The maximum Gasteiger partial charge on any atom is 0.0108 e. The van der Waals surface area contributed by atoms with Crippen molar-refractivity contribution in [2.75, 3.05) is 0 Å². The highest BCUT2D eigenvalue weighted by Gasteiger charge is 2.50. The molecule has 0 bridgehead atoms. The second kappa shape index (κ2) is 33.4. The maximum absolute atomic E-state index is 2.50. The first-order chi connectivity index (χ1) is 47.9. The summed E-state index contributed by atoms with van der Waals surface area (Å²) >= 11 is 0. The van der Waals surface area contributed by atoms with Crippen LogP contribution >= 0.6 is 0 Å². The molecule has 0 heterocycles. The summed E-state index contributed by atoms with van der Waals surface area (Å²) in [5.41, 5.74) is 35.1. The molecule has 0 radical (unpaired) electrons. The molecule has 4 spiro atoms. The third-order valence-corrected chi connectivity index (χ3v) is 36.1. The minimum Gasteiger partial charge on any atom is -0.0780 e. The molecular formula is C104H174. The Labute approximate surface area is 650 Å². The molecule has 4 fully saturated rings. The fraction of sp³-hybridized carbons (Fsp3) is 0.769. The summed E-state index contributed by atoms with van der Waals surface area (Å²) in [5, 5.41) is 0. The van der Waals surface area contributed by atoms with Crippen molar-refractivity contribution in [2.24, 2.45) is 65.0 Å². The standard InChI is InChI=1S/C18H30.C16H26.C16H22.C16H30.C14H24.C12H22.C12H20/c1-15-16(2)18(11-7-4-8-12-18)14-13-17(15)9-5-3-6-10-17;1-13-14(2)16(9-5-6-10-16)12-11-15(13)7-3-4-8-15;1-11-12(2)16(5,6)14-10-8-7-9-13(14)15(11,3)4;1-7-15(8-2)11-12-16(9-3,10-4)14(6)13(15)5;1-9-10(2)14(7,8)12(4)11(3)13(9,5)6;2*1-9-10(2)12(5,6)8-7-11(9,3)4/h3-14H2,1-2H3;3-12H2,1-2H3;7-10H,1-6H3;7-12H2,1-6H3;1-8H3;7-8H2,1-6H3;7-8H,1-6H3. The molecule has 11 aliphatic rings. The van der Waals surface area contributed by atoms with Crippen molar-refractivity contribution in [2.45, 2.75) is 453 Å². The third kappa shape index (κ3) is 17.5. The topological polar surface area (TPSA) is 0 Å². The summed E-state index contributed by atoms with van der Waals surface area (Å²) in [5.74, 6) is 0. The van der Waals surface area contributed by atoms with Gasteiger partial charge in [-0.3, -0.25) is 0 Å². The zero-order valence-electron chi connectivity index (χ0n) is 76.7. The van der Waals surface area contributed by atoms with E-state index in [0.717, 1.165) is 0 Å². The van der Waals surface area contributed by atoms with Crippen molar-refractivity contribution < 1.29 is 0 Å². The van der Waals surface area contributed by atoms with Crippen molar-refractivity contribution in [3.05, 3.63) is 137 Å². The lowest BCUT2D eigenvalue weighted by Gasteiger charge is -2.51. The first-order valence-electron chi connectivity index (χ1n) is 44.1. The Kier molecular flexibility index (Phi) is 28.9. The molecule has 1 aromatic rings. The van der Waals surface area contributed by atoms with Crippen LogP contribution in [0.25, 0.3) is 0 Å². The van der Waals surface area contributed by atoms with E-state index in [4.69, 9.17) is 0 Å². The number of allylic oxidation sites excluding steroid dienone is 18. The van der Waals surface area contributed by atoms with Gasteiger partial charge in [0.25, 0.3) is 0 Å². The van der Waals surface area contributed by atoms with E-state index in [2.05, 4.69) is 286 Å². The van der Waals surface area contributed by atoms with Crippen LogP contribution in [0.4, 0.5) is 0 Å². The number of rotatable bonds is 4. The Morgan fingerprint density at radius 2 is 0.423 bits per heavy atom. The highest BCUT2D eigenvalue weighted by Crippen LogP contribution is 2.63. The van der Waals surface area contributed by atoms with Gasteiger partial charge in [-0.1, -0.05) is 328 Å². The van der Waals surface area contributed by atoms with Crippen LogP contribution in [-0.4, -0.2) is 0 Å². The summed E-state index contributed by atoms with van der Waals surface area (Å²) in [7, 11) is 0. The number of benzene rings is 1. The molecule has 0 unspecified atom stereocenters. The van der Waals surface area contributed by atoms with Crippen molar-refractivity contribution >= 4 is 0 Å². The Bertz CT molecular complexity index is 3140. The van der Waals surface area contributed by atoms with E-state index < -0.39 is 0 Å². The third-order valence-electron chi connectivity index (χ3n) is 36.1. The molecule has 11 aliphatic carbocycles. The second-order valence-electron chi connectivity index (χ2n) is 42.2. The van der Waals surface area contributed by atoms with Crippen LogP contribution in [0.1, 0.15) is 453 Å². The van der Waals surface area contributed by atoms with Crippen molar-refractivity contribution in [3.63, 3.8) is 0 Å². The molecule has 0 nitrogen and oxygen atoms in total. The van der Waals surface area contributed by atoms with Crippen LogP contribution in [0, 0.1) is 65.0 Å². The maximum atomic E-state index is 2.50. The Hall–Kier alpha value is -3.12. The van der Waals surface area contributed by atoms with E-state index >= 15 is 0 Å². The monoisotopic (exact) mass is 1420 g/mol. The Morgan fingerprint density at radius 3 is 0.644 bits per heavy atom. The molecule has 4 saturated carbocycles. The zero-order chi connectivity index (χ0) is 78.8. The Balaban J connectivity index is 0.000000191. The number of fused-ring (bicyclic) bond motifs is 1. The summed E-state index contributed by atoms with van der Waals surface area (Å²) in [6, 6.07) is 8.88. The molecule has 104 heavy (non-hydrogen) atoms. The van der Waals surface area contributed by atoms with Crippen molar-refractivity contribution in [1.82, 2.24) is 0 Å². The van der Waals surface area contributed by atoms with E-state index in [-0.39, 0.29) is 32.5 Å².